The van der Waals surface area contributed by atoms with Crippen LogP contribution in [0.2, 0.25) is 0 Å². The molecule has 2 heteroatoms. The maximum Gasteiger partial charge on any atom is 0.135 e. The number of ketones is 1. The Bertz CT molecular complexity index is 110. The van der Waals surface area contributed by atoms with Gasteiger partial charge in [0.15, 0.2) is 0 Å². The summed E-state index contributed by atoms with van der Waals surface area (Å²) in [6, 6.07) is 0. The van der Waals surface area contributed by atoms with Crippen molar-refractivity contribution in [1.29, 1.82) is 0 Å². The maximum atomic E-state index is 11.2. The summed E-state index contributed by atoms with van der Waals surface area (Å²) in [7, 11) is 0. The number of rotatable bonds is 6. The molecular formula is C9H18O2. The Hall–Kier alpha value is -0.370. The van der Waals surface area contributed by atoms with E-state index in [0.717, 1.165) is 12.8 Å². The highest BCUT2D eigenvalue weighted by molar-refractivity contribution is 5.80. The van der Waals surface area contributed by atoms with Crippen LogP contribution in [0, 0.1) is 5.92 Å². The number of aliphatic hydroxyl groups excluding tert-OH is 1. The molecule has 0 aromatic rings. The highest BCUT2D eigenvalue weighted by Gasteiger charge is 2.10. The Kier molecular flexibility index (Phi) is 6.13. The Morgan fingerprint density at radius 2 is 2.18 bits per heavy atom. The Morgan fingerprint density at radius 3 is 2.64 bits per heavy atom. The average molecular weight is 158 g/mol. The Balaban J connectivity index is 3.47. The van der Waals surface area contributed by atoms with Crippen LogP contribution < -0.4 is 0 Å². The number of hydrogen-bond donors (Lipinski definition) is 1. The molecule has 66 valence electrons. The summed E-state index contributed by atoms with van der Waals surface area (Å²) in [5.74, 6) is 0.340. The maximum absolute atomic E-state index is 11.2. The standard InChI is InChI=1S/C9H18O2/c1-3-4-5-9(11)8(2)6-7-10/h8,10H,3-7H2,1-2H3. The van der Waals surface area contributed by atoms with Gasteiger partial charge in [-0.3, -0.25) is 4.79 Å². The van der Waals surface area contributed by atoms with Crippen molar-refractivity contribution < 1.29 is 9.90 Å². The molecular weight excluding hydrogens is 140 g/mol. The van der Waals surface area contributed by atoms with Crippen molar-refractivity contribution in [3.05, 3.63) is 0 Å². The van der Waals surface area contributed by atoms with Crippen LogP contribution in [-0.4, -0.2) is 17.5 Å². The van der Waals surface area contributed by atoms with Crippen LogP contribution in [0.4, 0.5) is 0 Å². The first-order valence-electron chi connectivity index (χ1n) is 4.36. The van der Waals surface area contributed by atoms with E-state index in [9.17, 15) is 4.79 Å². The second-order valence-electron chi connectivity index (χ2n) is 2.98. The normalized spacial score (nSPS) is 13.0. The molecule has 0 radical (unpaired) electrons. The monoisotopic (exact) mass is 158 g/mol. The zero-order chi connectivity index (χ0) is 8.69. The number of carbonyl (C=O) groups is 1. The van der Waals surface area contributed by atoms with Gasteiger partial charge in [-0.25, -0.2) is 0 Å². The van der Waals surface area contributed by atoms with Gasteiger partial charge in [0.25, 0.3) is 0 Å². The van der Waals surface area contributed by atoms with E-state index in [-0.39, 0.29) is 12.5 Å². The third kappa shape index (κ3) is 4.96. The van der Waals surface area contributed by atoms with Crippen LogP contribution in [0.3, 0.4) is 0 Å². The van der Waals surface area contributed by atoms with Crippen molar-refractivity contribution in [3.8, 4) is 0 Å². The largest absolute Gasteiger partial charge is 0.396 e. The van der Waals surface area contributed by atoms with Crippen LogP contribution in [0.5, 0.6) is 0 Å². The minimum Gasteiger partial charge on any atom is -0.396 e. The van der Waals surface area contributed by atoms with E-state index in [0.29, 0.717) is 18.6 Å². The SMILES string of the molecule is CCCCC(=O)C(C)CCO. The fraction of sp³-hybridized carbons (Fsp3) is 0.889. The second-order valence-corrected chi connectivity index (χ2v) is 2.98. The molecule has 0 aliphatic heterocycles. The molecule has 0 spiro atoms. The molecule has 0 bridgehead atoms. The summed E-state index contributed by atoms with van der Waals surface area (Å²) in [6.07, 6.45) is 3.34. The molecule has 0 saturated heterocycles. The molecule has 2 nitrogen and oxygen atoms in total. The van der Waals surface area contributed by atoms with E-state index in [1.54, 1.807) is 0 Å². The van der Waals surface area contributed by atoms with E-state index in [4.69, 9.17) is 5.11 Å². The first-order chi connectivity index (χ1) is 5.22. The molecule has 1 unspecified atom stereocenters. The number of Topliss-reactive ketones (excluding diaryl/α,β-unsaturated/α-hetero) is 1. The molecule has 0 heterocycles. The van der Waals surface area contributed by atoms with Gasteiger partial charge in [-0.05, 0) is 12.8 Å². The van der Waals surface area contributed by atoms with Gasteiger partial charge >= 0.3 is 0 Å². The van der Waals surface area contributed by atoms with Crippen molar-refractivity contribution in [2.24, 2.45) is 5.92 Å². The zero-order valence-electron chi connectivity index (χ0n) is 7.47. The second kappa shape index (κ2) is 6.35. The number of hydrogen-bond acceptors (Lipinski definition) is 2. The van der Waals surface area contributed by atoms with Gasteiger partial charge in [0.1, 0.15) is 5.78 Å². The Labute approximate surface area is 68.6 Å². The summed E-state index contributed by atoms with van der Waals surface area (Å²) < 4.78 is 0. The summed E-state index contributed by atoms with van der Waals surface area (Å²) in [6.45, 7) is 4.08. The van der Waals surface area contributed by atoms with Gasteiger partial charge in [-0.15, -0.1) is 0 Å². The van der Waals surface area contributed by atoms with Crippen LogP contribution in [0.25, 0.3) is 0 Å². The van der Waals surface area contributed by atoms with E-state index >= 15 is 0 Å². The van der Waals surface area contributed by atoms with Crippen molar-refractivity contribution in [2.45, 2.75) is 39.5 Å². The Morgan fingerprint density at radius 1 is 1.55 bits per heavy atom. The number of aliphatic hydroxyl groups is 1. The van der Waals surface area contributed by atoms with Gasteiger partial charge in [-0.2, -0.15) is 0 Å². The van der Waals surface area contributed by atoms with E-state index < -0.39 is 0 Å². The molecule has 0 saturated carbocycles. The van der Waals surface area contributed by atoms with Gasteiger partial charge in [-0.1, -0.05) is 20.3 Å². The minimum absolute atomic E-state index is 0.0477. The fourth-order valence-electron chi connectivity index (χ4n) is 0.952. The van der Waals surface area contributed by atoms with Crippen molar-refractivity contribution in [2.75, 3.05) is 6.61 Å². The van der Waals surface area contributed by atoms with Crippen LogP contribution in [-0.2, 0) is 4.79 Å². The van der Waals surface area contributed by atoms with Crippen molar-refractivity contribution in [3.63, 3.8) is 0 Å². The smallest absolute Gasteiger partial charge is 0.135 e. The quantitative estimate of drug-likeness (QED) is 0.639. The first-order valence-corrected chi connectivity index (χ1v) is 4.36. The van der Waals surface area contributed by atoms with Crippen LogP contribution >= 0.6 is 0 Å². The average Bonchev–Trinajstić information content (AvgIpc) is 2.00. The minimum atomic E-state index is 0.0477. The van der Waals surface area contributed by atoms with Crippen molar-refractivity contribution in [1.82, 2.24) is 0 Å². The first kappa shape index (κ1) is 10.6. The highest BCUT2D eigenvalue weighted by Crippen LogP contribution is 2.07. The van der Waals surface area contributed by atoms with E-state index in [2.05, 4.69) is 6.92 Å². The highest BCUT2D eigenvalue weighted by atomic mass is 16.3. The lowest BCUT2D eigenvalue weighted by Crippen LogP contribution is -2.11. The lowest BCUT2D eigenvalue weighted by atomic mass is 9.99. The fourth-order valence-corrected chi connectivity index (χ4v) is 0.952. The van der Waals surface area contributed by atoms with Crippen LogP contribution in [0.1, 0.15) is 39.5 Å². The lowest BCUT2D eigenvalue weighted by Gasteiger charge is -2.06. The lowest BCUT2D eigenvalue weighted by molar-refractivity contribution is -0.122. The molecule has 0 aromatic heterocycles. The predicted molar refractivity (Wildman–Crippen MR) is 45.4 cm³/mol. The van der Waals surface area contributed by atoms with Crippen molar-refractivity contribution >= 4 is 5.78 Å². The van der Waals surface area contributed by atoms with Gasteiger partial charge in [0, 0.05) is 18.9 Å². The van der Waals surface area contributed by atoms with Crippen LogP contribution in [0.15, 0.2) is 0 Å². The molecule has 0 rings (SSSR count). The molecule has 0 amide bonds. The molecule has 1 N–H and O–H groups in total. The summed E-state index contributed by atoms with van der Waals surface area (Å²) in [5.41, 5.74) is 0. The third-order valence-electron chi connectivity index (χ3n) is 1.89. The third-order valence-corrected chi connectivity index (χ3v) is 1.89. The summed E-state index contributed by atoms with van der Waals surface area (Å²) >= 11 is 0. The molecule has 0 aliphatic carbocycles. The molecule has 11 heavy (non-hydrogen) atoms. The number of unbranched alkanes of at least 4 members (excludes halogenated alkanes) is 1. The number of carbonyl (C=O) groups excluding carboxylic acids is 1. The predicted octanol–water partition coefficient (Wildman–Crippen LogP) is 1.76. The zero-order valence-corrected chi connectivity index (χ0v) is 7.47. The topological polar surface area (TPSA) is 37.3 Å². The molecule has 1 atom stereocenters. The van der Waals surface area contributed by atoms with Gasteiger partial charge in [0.05, 0.1) is 0 Å². The summed E-state index contributed by atoms with van der Waals surface area (Å²) in [5, 5.41) is 8.56. The van der Waals surface area contributed by atoms with Gasteiger partial charge < -0.3 is 5.11 Å². The van der Waals surface area contributed by atoms with E-state index in [1.807, 2.05) is 6.92 Å². The molecule has 0 aliphatic rings. The van der Waals surface area contributed by atoms with Gasteiger partial charge in [0.2, 0.25) is 0 Å². The summed E-state index contributed by atoms with van der Waals surface area (Å²) in [4.78, 5) is 11.2. The molecule has 0 fully saturated rings. The van der Waals surface area contributed by atoms with E-state index in [1.165, 1.54) is 0 Å². The molecule has 0 aromatic carbocycles.